The summed E-state index contributed by atoms with van der Waals surface area (Å²) in [6, 6.07) is 2.40. The van der Waals surface area contributed by atoms with Crippen molar-refractivity contribution < 1.29 is 18.8 Å². The fourth-order valence-electron chi connectivity index (χ4n) is 4.85. The number of amides is 2. The van der Waals surface area contributed by atoms with Crippen LogP contribution in [-0.2, 0) is 9.59 Å². The molecule has 1 saturated carbocycles. The second kappa shape index (κ2) is 11.5. The number of likely N-dealkylation sites (tertiary alicyclic amines) is 1. The number of hydrogen-bond donors (Lipinski definition) is 2. The Morgan fingerprint density at radius 1 is 1.19 bits per heavy atom. The molecule has 0 bridgehead atoms. The fourth-order valence-corrected chi connectivity index (χ4v) is 4.85. The van der Waals surface area contributed by atoms with E-state index in [4.69, 9.17) is 4.42 Å². The summed E-state index contributed by atoms with van der Waals surface area (Å²) in [6.07, 6.45) is 10.2. The van der Waals surface area contributed by atoms with Gasteiger partial charge in [0.2, 0.25) is 5.91 Å². The van der Waals surface area contributed by atoms with E-state index in [1.165, 1.54) is 12.7 Å². The molecule has 7 nitrogen and oxygen atoms in total. The van der Waals surface area contributed by atoms with Gasteiger partial charge in [-0.1, -0.05) is 39.0 Å². The first-order chi connectivity index (χ1) is 15.0. The van der Waals surface area contributed by atoms with Crippen LogP contribution in [0.25, 0.3) is 0 Å². The predicted octanol–water partition coefficient (Wildman–Crippen LogP) is 3.30. The normalized spacial score (nSPS) is 24.4. The first-order valence-electron chi connectivity index (χ1n) is 11.9. The van der Waals surface area contributed by atoms with Crippen molar-refractivity contribution in [1.82, 2.24) is 15.5 Å². The van der Waals surface area contributed by atoms with Crippen LogP contribution in [0.4, 0.5) is 0 Å². The molecular formula is C24H37N3O4. The Bertz CT molecular complexity index is 727. The third-order valence-electron chi connectivity index (χ3n) is 6.73. The number of rotatable bonds is 8. The average Bonchev–Trinajstić information content (AvgIpc) is 3.27. The minimum Gasteiger partial charge on any atom is -0.459 e. The maximum absolute atomic E-state index is 13.2. The molecule has 31 heavy (non-hydrogen) atoms. The van der Waals surface area contributed by atoms with Gasteiger partial charge in [0, 0.05) is 6.04 Å². The van der Waals surface area contributed by atoms with Crippen molar-refractivity contribution >= 4 is 17.6 Å². The van der Waals surface area contributed by atoms with Gasteiger partial charge >= 0.3 is 0 Å². The first kappa shape index (κ1) is 23.5. The zero-order valence-electron chi connectivity index (χ0n) is 18.9. The Kier molecular flexibility index (Phi) is 8.69. The molecule has 2 heterocycles. The van der Waals surface area contributed by atoms with E-state index in [9.17, 15) is 14.4 Å². The summed E-state index contributed by atoms with van der Waals surface area (Å²) in [5.41, 5.74) is 0. The highest BCUT2D eigenvalue weighted by molar-refractivity contribution is 5.97. The van der Waals surface area contributed by atoms with Crippen molar-refractivity contribution in [2.24, 2.45) is 5.92 Å². The van der Waals surface area contributed by atoms with E-state index in [0.29, 0.717) is 31.3 Å². The van der Waals surface area contributed by atoms with Crippen LogP contribution < -0.4 is 10.6 Å². The third kappa shape index (κ3) is 6.66. The zero-order chi connectivity index (χ0) is 22.2. The van der Waals surface area contributed by atoms with Crippen LogP contribution in [0.2, 0.25) is 0 Å². The Hall–Kier alpha value is -2.15. The van der Waals surface area contributed by atoms with E-state index >= 15 is 0 Å². The van der Waals surface area contributed by atoms with Gasteiger partial charge in [-0.2, -0.15) is 0 Å². The highest BCUT2D eigenvalue weighted by Gasteiger charge is 2.33. The minimum atomic E-state index is -0.666. The summed E-state index contributed by atoms with van der Waals surface area (Å²) in [5, 5.41) is 5.83. The van der Waals surface area contributed by atoms with Crippen molar-refractivity contribution in [3.8, 4) is 0 Å². The second-order valence-electron chi connectivity index (χ2n) is 9.17. The van der Waals surface area contributed by atoms with Crippen molar-refractivity contribution in [3.05, 3.63) is 24.2 Å². The number of carbonyl (C=O) groups is 3. The maximum Gasteiger partial charge on any atom is 0.287 e. The van der Waals surface area contributed by atoms with Crippen molar-refractivity contribution in [1.29, 1.82) is 0 Å². The maximum atomic E-state index is 13.2. The highest BCUT2D eigenvalue weighted by atomic mass is 16.3. The van der Waals surface area contributed by atoms with E-state index in [0.717, 1.165) is 45.1 Å². The van der Waals surface area contributed by atoms with Crippen molar-refractivity contribution in [3.63, 3.8) is 0 Å². The van der Waals surface area contributed by atoms with Gasteiger partial charge in [-0.3, -0.25) is 19.3 Å². The van der Waals surface area contributed by atoms with Gasteiger partial charge in [-0.25, -0.2) is 0 Å². The number of carbonyl (C=O) groups excluding carboxylic acids is 3. The number of nitrogens with one attached hydrogen (secondary N) is 2. The third-order valence-corrected chi connectivity index (χ3v) is 6.73. The Labute approximate surface area is 185 Å². The molecule has 2 amide bonds. The summed E-state index contributed by atoms with van der Waals surface area (Å²) >= 11 is 0. The van der Waals surface area contributed by atoms with Gasteiger partial charge < -0.3 is 15.1 Å². The molecule has 0 aromatic carbocycles. The lowest BCUT2D eigenvalue weighted by Gasteiger charge is -2.27. The van der Waals surface area contributed by atoms with Crippen molar-refractivity contribution in [2.45, 2.75) is 89.8 Å². The molecule has 0 radical (unpaired) electrons. The van der Waals surface area contributed by atoms with Gasteiger partial charge in [-0.05, 0) is 57.2 Å². The molecule has 3 atom stereocenters. The Balaban J connectivity index is 1.66. The lowest BCUT2D eigenvalue weighted by Crippen LogP contribution is -2.52. The van der Waals surface area contributed by atoms with Gasteiger partial charge in [0.1, 0.15) is 6.04 Å². The molecule has 0 spiro atoms. The number of nitrogens with zero attached hydrogens (tertiary/aromatic N) is 1. The van der Waals surface area contributed by atoms with Crippen molar-refractivity contribution in [2.75, 3.05) is 13.1 Å². The molecule has 1 aromatic rings. The van der Waals surface area contributed by atoms with E-state index in [1.54, 1.807) is 12.1 Å². The molecule has 0 unspecified atom stereocenters. The Morgan fingerprint density at radius 2 is 1.97 bits per heavy atom. The SMILES string of the molecule is CCCN1CC(=O)[C@@H](NC(=O)[C@H](CC2CCCCC2)NC(=O)c2ccco2)CC[C@H]1C. The quantitative estimate of drug-likeness (QED) is 0.659. The van der Waals surface area contributed by atoms with Crippen LogP contribution in [0.5, 0.6) is 0 Å². The van der Waals surface area contributed by atoms with Crippen LogP contribution in [0.3, 0.4) is 0 Å². The lowest BCUT2D eigenvalue weighted by molar-refractivity contribution is -0.129. The molecule has 1 aromatic heterocycles. The summed E-state index contributed by atoms with van der Waals surface area (Å²) in [4.78, 5) is 40.8. The Morgan fingerprint density at radius 3 is 2.65 bits per heavy atom. The molecule has 2 aliphatic rings. The fraction of sp³-hybridized carbons (Fsp3) is 0.708. The van der Waals surface area contributed by atoms with Crippen LogP contribution in [0.15, 0.2) is 22.8 Å². The molecule has 2 fully saturated rings. The topological polar surface area (TPSA) is 91.7 Å². The summed E-state index contributed by atoms with van der Waals surface area (Å²) in [7, 11) is 0. The molecule has 1 aliphatic carbocycles. The van der Waals surface area contributed by atoms with E-state index < -0.39 is 18.0 Å². The number of Topliss-reactive ketones (excluding diaryl/α,β-unsaturated/α-hetero) is 1. The number of hydrogen-bond acceptors (Lipinski definition) is 5. The summed E-state index contributed by atoms with van der Waals surface area (Å²) < 4.78 is 5.19. The van der Waals surface area contributed by atoms with Crippen LogP contribution >= 0.6 is 0 Å². The molecule has 7 heteroatoms. The van der Waals surface area contributed by atoms with Gasteiger partial charge in [-0.15, -0.1) is 0 Å². The van der Waals surface area contributed by atoms with E-state index in [1.807, 2.05) is 0 Å². The smallest absolute Gasteiger partial charge is 0.287 e. The summed E-state index contributed by atoms with van der Waals surface area (Å²) in [6.45, 7) is 5.50. The minimum absolute atomic E-state index is 0.0555. The second-order valence-corrected chi connectivity index (χ2v) is 9.17. The van der Waals surface area contributed by atoms with Gasteiger partial charge in [0.25, 0.3) is 5.91 Å². The zero-order valence-corrected chi connectivity index (χ0v) is 18.9. The van der Waals surface area contributed by atoms with Crippen LogP contribution in [0.1, 0.15) is 82.2 Å². The van der Waals surface area contributed by atoms with Gasteiger partial charge in [0.15, 0.2) is 11.5 Å². The van der Waals surface area contributed by atoms with E-state index in [2.05, 4.69) is 29.4 Å². The molecule has 1 saturated heterocycles. The molecule has 1 aliphatic heterocycles. The molecule has 172 valence electrons. The molecule has 3 rings (SSSR count). The lowest BCUT2D eigenvalue weighted by atomic mass is 9.84. The van der Waals surface area contributed by atoms with Crippen LogP contribution in [-0.4, -0.2) is 53.7 Å². The predicted molar refractivity (Wildman–Crippen MR) is 119 cm³/mol. The monoisotopic (exact) mass is 431 g/mol. The summed E-state index contributed by atoms with van der Waals surface area (Å²) in [5.74, 6) is -0.00132. The standard InChI is InChI=1S/C24H37N3O4/c1-3-13-27-16-21(28)19(12-11-17(27)2)25-23(29)20(15-18-8-5-4-6-9-18)26-24(30)22-10-7-14-31-22/h7,10,14,17-20H,3-6,8-9,11-13,15-16H2,1-2H3,(H,25,29)(H,26,30)/t17-,19+,20+/m1/s1. The average molecular weight is 432 g/mol. The highest BCUT2D eigenvalue weighted by Crippen LogP contribution is 2.27. The first-order valence-corrected chi connectivity index (χ1v) is 11.9. The number of furan rings is 1. The van der Waals surface area contributed by atoms with Gasteiger partial charge in [0.05, 0.1) is 18.8 Å². The molecular weight excluding hydrogens is 394 g/mol. The van der Waals surface area contributed by atoms with E-state index in [-0.39, 0.29) is 17.5 Å². The molecule has 2 N–H and O–H groups in total. The van der Waals surface area contributed by atoms with Crippen LogP contribution in [0, 0.1) is 5.92 Å². The number of ketones is 1. The largest absolute Gasteiger partial charge is 0.459 e.